The second kappa shape index (κ2) is 7.46. The average molecular weight is 333 g/mol. The molecule has 2 aromatic heterocycles. The van der Waals surface area contributed by atoms with E-state index in [2.05, 4.69) is 34.0 Å². The molecule has 1 aliphatic heterocycles. The third-order valence-corrected chi connectivity index (χ3v) is 4.70. The summed E-state index contributed by atoms with van der Waals surface area (Å²) in [5.74, 6) is 3.01. The van der Waals surface area contributed by atoms with E-state index >= 15 is 0 Å². The van der Waals surface area contributed by atoms with Gasteiger partial charge >= 0.3 is 0 Å². The highest BCUT2D eigenvalue weighted by atomic mass is 16.3. The molecule has 1 atom stereocenters. The van der Waals surface area contributed by atoms with Crippen molar-refractivity contribution < 1.29 is 9.52 Å². The van der Waals surface area contributed by atoms with E-state index in [1.807, 2.05) is 19.1 Å². The molecule has 0 spiro atoms. The molecule has 1 fully saturated rings. The van der Waals surface area contributed by atoms with Crippen molar-refractivity contribution in [3.63, 3.8) is 0 Å². The summed E-state index contributed by atoms with van der Waals surface area (Å²) >= 11 is 0. The van der Waals surface area contributed by atoms with Crippen LogP contribution in [0.25, 0.3) is 11.6 Å². The van der Waals surface area contributed by atoms with E-state index in [1.54, 1.807) is 4.68 Å². The molecule has 24 heavy (non-hydrogen) atoms. The molecule has 1 aliphatic rings. The molecule has 0 radical (unpaired) electrons. The van der Waals surface area contributed by atoms with Crippen LogP contribution in [0.2, 0.25) is 0 Å². The molecule has 0 amide bonds. The van der Waals surface area contributed by atoms with Crippen LogP contribution in [0, 0.1) is 6.92 Å². The number of aromatic nitrogens is 3. The van der Waals surface area contributed by atoms with Gasteiger partial charge in [0, 0.05) is 25.6 Å². The topological polar surface area (TPSA) is 70.6 Å². The van der Waals surface area contributed by atoms with Crippen molar-refractivity contribution in [1.82, 2.24) is 24.6 Å². The number of aryl methyl sites for hydroxylation is 1. The van der Waals surface area contributed by atoms with Crippen LogP contribution >= 0.6 is 0 Å². The van der Waals surface area contributed by atoms with Gasteiger partial charge < -0.3 is 19.3 Å². The second-order valence-corrected chi connectivity index (χ2v) is 6.64. The fourth-order valence-corrected chi connectivity index (χ4v) is 3.22. The Morgan fingerprint density at radius 3 is 2.88 bits per heavy atom. The molecular weight excluding hydrogens is 306 g/mol. The average Bonchev–Trinajstić information content (AvgIpc) is 3.26. The number of hydrogen-bond donors (Lipinski definition) is 1. The first-order valence-corrected chi connectivity index (χ1v) is 8.57. The molecule has 0 bridgehead atoms. The van der Waals surface area contributed by atoms with E-state index in [4.69, 9.17) is 4.42 Å². The van der Waals surface area contributed by atoms with Gasteiger partial charge in [0.1, 0.15) is 11.6 Å². The molecule has 1 unspecified atom stereocenters. The molecule has 1 N–H and O–H groups in total. The Hall–Kier alpha value is -1.70. The number of likely N-dealkylation sites (tertiary alicyclic amines) is 1. The Morgan fingerprint density at radius 2 is 2.25 bits per heavy atom. The monoisotopic (exact) mass is 333 g/mol. The van der Waals surface area contributed by atoms with Gasteiger partial charge in [0.25, 0.3) is 0 Å². The normalized spacial score (nSPS) is 18.8. The summed E-state index contributed by atoms with van der Waals surface area (Å²) in [4.78, 5) is 9.40. The molecule has 7 nitrogen and oxygen atoms in total. The molecule has 132 valence electrons. The van der Waals surface area contributed by atoms with Crippen LogP contribution in [0.4, 0.5) is 0 Å². The summed E-state index contributed by atoms with van der Waals surface area (Å²) in [6.07, 6.45) is 2.02. The summed E-state index contributed by atoms with van der Waals surface area (Å²) in [7, 11) is 4.34. The van der Waals surface area contributed by atoms with Crippen molar-refractivity contribution in [1.29, 1.82) is 0 Å². The lowest BCUT2D eigenvalue weighted by Crippen LogP contribution is -2.35. The highest BCUT2D eigenvalue weighted by Gasteiger charge is 2.23. The van der Waals surface area contributed by atoms with Crippen LogP contribution in [-0.2, 0) is 13.0 Å². The highest BCUT2D eigenvalue weighted by molar-refractivity contribution is 5.46. The predicted molar refractivity (Wildman–Crippen MR) is 91.8 cm³/mol. The number of furan rings is 1. The van der Waals surface area contributed by atoms with Crippen molar-refractivity contribution in [3.8, 4) is 11.6 Å². The number of rotatable bonds is 7. The molecule has 2 aromatic rings. The maximum Gasteiger partial charge on any atom is 0.217 e. The fourth-order valence-electron chi connectivity index (χ4n) is 3.22. The van der Waals surface area contributed by atoms with Crippen LogP contribution in [-0.4, -0.2) is 76.0 Å². The second-order valence-electron chi connectivity index (χ2n) is 6.64. The van der Waals surface area contributed by atoms with E-state index in [0.717, 1.165) is 37.6 Å². The maximum atomic E-state index is 9.28. The molecule has 0 saturated carbocycles. The van der Waals surface area contributed by atoms with Crippen molar-refractivity contribution in [3.05, 3.63) is 23.7 Å². The maximum absolute atomic E-state index is 9.28. The van der Waals surface area contributed by atoms with Crippen LogP contribution < -0.4 is 0 Å². The first kappa shape index (κ1) is 17.1. The van der Waals surface area contributed by atoms with Gasteiger partial charge in [0.2, 0.25) is 5.82 Å². The number of likely N-dealkylation sites (N-methyl/N-ethyl adjacent to an activating group) is 2. The third kappa shape index (κ3) is 3.85. The van der Waals surface area contributed by atoms with Gasteiger partial charge in [0.15, 0.2) is 5.76 Å². The van der Waals surface area contributed by atoms with Crippen molar-refractivity contribution in [2.75, 3.05) is 40.3 Å². The lowest BCUT2D eigenvalue weighted by molar-refractivity contribution is 0.238. The zero-order valence-electron chi connectivity index (χ0n) is 14.8. The molecule has 7 heteroatoms. The zero-order valence-corrected chi connectivity index (χ0v) is 14.8. The minimum Gasteiger partial charge on any atom is -0.458 e. The Kier molecular flexibility index (Phi) is 5.33. The molecule has 3 rings (SSSR count). The van der Waals surface area contributed by atoms with Crippen molar-refractivity contribution >= 4 is 0 Å². The highest BCUT2D eigenvalue weighted by Crippen LogP contribution is 2.19. The molecule has 0 aromatic carbocycles. The van der Waals surface area contributed by atoms with Crippen LogP contribution in [0.1, 0.15) is 18.0 Å². The minimum absolute atomic E-state index is 0.0518. The molecular formula is C17H27N5O2. The summed E-state index contributed by atoms with van der Waals surface area (Å²) in [5, 5.41) is 13.8. The van der Waals surface area contributed by atoms with Crippen LogP contribution in [0.5, 0.6) is 0 Å². The van der Waals surface area contributed by atoms with Gasteiger partial charge in [-0.25, -0.2) is 9.67 Å². The van der Waals surface area contributed by atoms with Crippen LogP contribution in [0.3, 0.4) is 0 Å². The third-order valence-electron chi connectivity index (χ3n) is 4.70. The summed E-state index contributed by atoms with van der Waals surface area (Å²) in [5.41, 5.74) is 0. The Bertz CT molecular complexity index is 666. The Morgan fingerprint density at radius 1 is 1.42 bits per heavy atom. The van der Waals surface area contributed by atoms with E-state index in [0.29, 0.717) is 24.2 Å². The van der Waals surface area contributed by atoms with Gasteiger partial charge in [-0.15, -0.1) is 5.10 Å². The first-order chi connectivity index (χ1) is 11.6. The quantitative estimate of drug-likeness (QED) is 0.816. The number of aliphatic hydroxyl groups is 1. The van der Waals surface area contributed by atoms with Gasteiger partial charge in [-0.05, 0) is 46.1 Å². The number of aliphatic hydroxyl groups excluding tert-OH is 1. The van der Waals surface area contributed by atoms with Crippen molar-refractivity contribution in [2.45, 2.75) is 32.4 Å². The van der Waals surface area contributed by atoms with Gasteiger partial charge in [0.05, 0.1) is 13.2 Å². The van der Waals surface area contributed by atoms with E-state index < -0.39 is 0 Å². The zero-order chi connectivity index (χ0) is 17.1. The van der Waals surface area contributed by atoms with Crippen molar-refractivity contribution in [2.24, 2.45) is 0 Å². The van der Waals surface area contributed by atoms with Crippen LogP contribution in [0.15, 0.2) is 16.5 Å². The van der Waals surface area contributed by atoms with Gasteiger partial charge in [-0.1, -0.05) is 0 Å². The predicted octanol–water partition coefficient (Wildman–Crippen LogP) is 1.02. The Balaban J connectivity index is 1.68. The standard InChI is InChI=1S/C17H27N5O2/c1-13-4-5-15(24-13)17-18-16(22(19-17)10-11-23)7-9-21(3)14-6-8-20(2)12-14/h4-5,14,23H,6-12H2,1-3H3. The number of hydrogen-bond acceptors (Lipinski definition) is 6. The first-order valence-electron chi connectivity index (χ1n) is 8.57. The van der Waals surface area contributed by atoms with E-state index in [-0.39, 0.29) is 6.61 Å². The van der Waals surface area contributed by atoms with Gasteiger partial charge in [-0.3, -0.25) is 0 Å². The summed E-state index contributed by atoms with van der Waals surface area (Å²) in [6.45, 7) is 5.63. The number of nitrogens with zero attached hydrogens (tertiary/aromatic N) is 5. The Labute approximate surface area is 142 Å². The van der Waals surface area contributed by atoms with E-state index in [9.17, 15) is 5.11 Å². The largest absolute Gasteiger partial charge is 0.458 e. The summed E-state index contributed by atoms with van der Waals surface area (Å²) in [6, 6.07) is 4.40. The minimum atomic E-state index is 0.0518. The molecule has 3 heterocycles. The van der Waals surface area contributed by atoms with E-state index in [1.165, 1.54) is 6.42 Å². The van der Waals surface area contributed by atoms with Gasteiger partial charge in [-0.2, -0.15) is 0 Å². The fraction of sp³-hybridized carbons (Fsp3) is 0.647. The summed E-state index contributed by atoms with van der Waals surface area (Å²) < 4.78 is 7.41. The lowest BCUT2D eigenvalue weighted by Gasteiger charge is -2.23. The molecule has 0 aliphatic carbocycles. The smallest absolute Gasteiger partial charge is 0.217 e. The lowest BCUT2D eigenvalue weighted by atomic mass is 10.2. The SMILES string of the molecule is Cc1ccc(-c2nc(CCN(C)C3CCN(C)C3)n(CCO)n2)o1. The molecule has 1 saturated heterocycles.